The van der Waals surface area contributed by atoms with Gasteiger partial charge in [0.2, 0.25) is 0 Å². The van der Waals surface area contributed by atoms with Crippen molar-refractivity contribution in [2.45, 2.75) is 112 Å². The first kappa shape index (κ1) is 25.2. The lowest BCUT2D eigenvalue weighted by atomic mass is 9.39. The molecule has 4 rings (SSSR count). The first-order valence-corrected chi connectivity index (χ1v) is 13.4. The average molecular weight is 457 g/mol. The van der Waals surface area contributed by atoms with Crippen LogP contribution in [0.2, 0.25) is 0 Å². The van der Waals surface area contributed by atoms with Gasteiger partial charge >= 0.3 is 0 Å². The maximum absolute atomic E-state index is 13.9. The largest absolute Gasteiger partial charge is 0.392 e. The molecule has 0 saturated heterocycles. The summed E-state index contributed by atoms with van der Waals surface area (Å²) in [7, 11) is 0. The number of hydrogen-bond acceptors (Lipinski definition) is 3. The zero-order valence-electron chi connectivity index (χ0n) is 22.4. The molecule has 8 atom stereocenters. The minimum atomic E-state index is -0.764. The quantitative estimate of drug-likeness (QED) is 0.476. The molecule has 0 aliphatic heterocycles. The van der Waals surface area contributed by atoms with E-state index in [1.807, 2.05) is 26.0 Å². The SMILES string of the molecule is C[C@H](C/C=C/C(C)(C)O)[C@H]1CC[C@@]2(C)[C@@H]3C(=O)C=C4[C@@H](CC[C@H](O)C4(C)C)[C@]3(C)CC[C@]12C. The van der Waals surface area contributed by atoms with Crippen LogP contribution in [0.15, 0.2) is 23.8 Å². The van der Waals surface area contributed by atoms with Gasteiger partial charge in [-0.1, -0.05) is 59.3 Å². The van der Waals surface area contributed by atoms with E-state index in [0.29, 0.717) is 23.5 Å². The molecular weight excluding hydrogens is 408 g/mol. The summed E-state index contributed by atoms with van der Waals surface area (Å²) in [6.07, 6.45) is 13.1. The zero-order valence-corrected chi connectivity index (χ0v) is 22.4. The third kappa shape index (κ3) is 3.63. The predicted octanol–water partition coefficient (Wildman–Crippen LogP) is 6.48. The van der Waals surface area contributed by atoms with Crippen molar-refractivity contribution in [3.63, 3.8) is 0 Å². The minimum Gasteiger partial charge on any atom is -0.392 e. The summed E-state index contributed by atoms with van der Waals surface area (Å²) in [5.41, 5.74) is 0.305. The van der Waals surface area contributed by atoms with Crippen molar-refractivity contribution in [3.8, 4) is 0 Å². The molecule has 0 heterocycles. The average Bonchev–Trinajstić information content (AvgIpc) is 2.95. The minimum absolute atomic E-state index is 0.00815. The smallest absolute Gasteiger partial charge is 0.159 e. The first-order chi connectivity index (χ1) is 15.1. The Bertz CT molecular complexity index is 860. The lowest BCUT2D eigenvalue weighted by molar-refractivity contribution is -0.164. The lowest BCUT2D eigenvalue weighted by Crippen LogP contribution is -2.61. The number of allylic oxidation sites excluding steroid dienone is 2. The maximum atomic E-state index is 13.9. The van der Waals surface area contributed by atoms with Crippen LogP contribution in [0.1, 0.15) is 100 Å². The number of carbonyl (C=O) groups excluding carboxylic acids is 1. The molecule has 33 heavy (non-hydrogen) atoms. The van der Waals surface area contributed by atoms with Crippen molar-refractivity contribution < 1.29 is 15.0 Å². The van der Waals surface area contributed by atoms with Crippen LogP contribution >= 0.6 is 0 Å². The van der Waals surface area contributed by atoms with Gasteiger partial charge in [0, 0.05) is 11.3 Å². The number of aliphatic hydroxyl groups is 2. The van der Waals surface area contributed by atoms with Gasteiger partial charge in [0.1, 0.15) is 0 Å². The van der Waals surface area contributed by atoms with Crippen molar-refractivity contribution in [1.29, 1.82) is 0 Å². The normalized spacial score (nSPS) is 45.9. The number of rotatable bonds is 4. The van der Waals surface area contributed by atoms with Crippen molar-refractivity contribution in [1.82, 2.24) is 0 Å². The molecular formula is C30H48O3. The van der Waals surface area contributed by atoms with Gasteiger partial charge in [0.25, 0.3) is 0 Å². The van der Waals surface area contributed by atoms with Gasteiger partial charge in [-0.2, -0.15) is 0 Å². The van der Waals surface area contributed by atoms with Crippen molar-refractivity contribution in [3.05, 3.63) is 23.8 Å². The van der Waals surface area contributed by atoms with Gasteiger partial charge in [-0.25, -0.2) is 0 Å². The Labute approximate surface area is 202 Å². The molecule has 0 amide bonds. The van der Waals surface area contributed by atoms with Crippen molar-refractivity contribution >= 4 is 5.78 Å². The van der Waals surface area contributed by atoms with Crippen LogP contribution in [0, 0.1) is 45.3 Å². The molecule has 0 unspecified atom stereocenters. The van der Waals surface area contributed by atoms with Gasteiger partial charge in [0.15, 0.2) is 5.78 Å². The van der Waals surface area contributed by atoms with Gasteiger partial charge in [0.05, 0.1) is 11.7 Å². The van der Waals surface area contributed by atoms with Crippen LogP contribution in [-0.2, 0) is 4.79 Å². The first-order valence-electron chi connectivity index (χ1n) is 13.4. The number of carbonyl (C=O) groups is 1. The van der Waals surface area contributed by atoms with Crippen LogP contribution in [0.25, 0.3) is 0 Å². The summed E-state index contributed by atoms with van der Waals surface area (Å²) in [6, 6.07) is 0. The summed E-state index contributed by atoms with van der Waals surface area (Å²) < 4.78 is 0. The van der Waals surface area contributed by atoms with Gasteiger partial charge in [-0.3, -0.25) is 4.79 Å². The zero-order chi connectivity index (χ0) is 24.6. The van der Waals surface area contributed by atoms with E-state index >= 15 is 0 Å². The highest BCUT2D eigenvalue weighted by Crippen LogP contribution is 2.74. The molecule has 0 aromatic heterocycles. The van der Waals surface area contributed by atoms with Gasteiger partial charge < -0.3 is 10.2 Å². The molecule has 3 heteroatoms. The fourth-order valence-corrected chi connectivity index (χ4v) is 9.18. The molecule has 0 spiro atoms. The molecule has 0 radical (unpaired) electrons. The molecule has 2 N–H and O–H groups in total. The Hall–Kier alpha value is -0.930. The predicted molar refractivity (Wildman–Crippen MR) is 135 cm³/mol. The summed E-state index contributed by atoms with van der Waals surface area (Å²) in [5, 5.41) is 20.8. The van der Waals surface area contributed by atoms with E-state index in [0.717, 1.165) is 32.1 Å². The van der Waals surface area contributed by atoms with Crippen LogP contribution in [-0.4, -0.2) is 27.7 Å². The van der Waals surface area contributed by atoms with E-state index in [4.69, 9.17) is 0 Å². The number of hydrogen-bond donors (Lipinski definition) is 2. The van der Waals surface area contributed by atoms with Gasteiger partial charge in [-0.15, -0.1) is 0 Å². The summed E-state index contributed by atoms with van der Waals surface area (Å²) in [6.45, 7) is 17.6. The highest BCUT2D eigenvalue weighted by Gasteiger charge is 2.69. The molecule has 3 nitrogen and oxygen atoms in total. The third-order valence-electron chi connectivity index (χ3n) is 11.4. The fourth-order valence-electron chi connectivity index (χ4n) is 9.18. The van der Waals surface area contributed by atoms with E-state index in [1.165, 1.54) is 18.4 Å². The van der Waals surface area contributed by atoms with Crippen LogP contribution in [0.4, 0.5) is 0 Å². The van der Waals surface area contributed by atoms with Crippen LogP contribution < -0.4 is 0 Å². The summed E-state index contributed by atoms with van der Waals surface area (Å²) in [5.74, 6) is 1.95. The van der Waals surface area contributed by atoms with E-state index in [1.54, 1.807) is 0 Å². The molecule has 4 aliphatic carbocycles. The third-order valence-corrected chi connectivity index (χ3v) is 11.4. The van der Waals surface area contributed by atoms with E-state index in [2.05, 4.69) is 47.6 Å². The number of ketones is 1. The molecule has 0 bridgehead atoms. The highest BCUT2D eigenvalue weighted by atomic mass is 16.3. The van der Waals surface area contributed by atoms with E-state index < -0.39 is 5.60 Å². The Kier molecular flexibility index (Phi) is 5.94. The standard InChI is InChI=1S/C30H48O3/c1-19(10-9-14-26(2,3)33)20-13-15-30(8)25-23(31)18-22-21(11-12-24(32)27(22,4)5)28(25,6)16-17-29(20,30)7/h9,14,18-21,24-25,32-33H,10-13,15-17H2,1-8H3/b14-9+/t19-,20-,21-,24+,25-,28+,29-,30+/m1/s1. The monoisotopic (exact) mass is 456 g/mol. The number of fused-ring (bicyclic) bond motifs is 5. The Balaban J connectivity index is 1.67. The Morgan fingerprint density at radius 1 is 1.06 bits per heavy atom. The lowest BCUT2D eigenvalue weighted by Gasteiger charge is -2.65. The Morgan fingerprint density at radius 3 is 2.36 bits per heavy atom. The fraction of sp³-hybridized carbons (Fsp3) is 0.833. The topological polar surface area (TPSA) is 57.5 Å². The second-order valence-electron chi connectivity index (χ2n) is 14.1. The molecule has 3 fully saturated rings. The van der Waals surface area contributed by atoms with Crippen LogP contribution in [0.5, 0.6) is 0 Å². The maximum Gasteiger partial charge on any atom is 0.159 e. The molecule has 0 aromatic rings. The van der Waals surface area contributed by atoms with E-state index in [9.17, 15) is 15.0 Å². The molecule has 186 valence electrons. The van der Waals surface area contributed by atoms with Crippen molar-refractivity contribution in [2.75, 3.05) is 0 Å². The second kappa shape index (κ2) is 7.79. The second-order valence-corrected chi connectivity index (χ2v) is 14.1. The number of aliphatic hydroxyl groups excluding tert-OH is 1. The van der Waals surface area contributed by atoms with E-state index in [-0.39, 0.29) is 33.7 Å². The Morgan fingerprint density at radius 2 is 1.73 bits per heavy atom. The summed E-state index contributed by atoms with van der Waals surface area (Å²) >= 11 is 0. The van der Waals surface area contributed by atoms with Gasteiger partial charge in [-0.05, 0) is 98.9 Å². The summed E-state index contributed by atoms with van der Waals surface area (Å²) in [4.78, 5) is 13.9. The highest BCUT2D eigenvalue weighted by molar-refractivity contribution is 5.95. The molecule has 0 aromatic carbocycles. The van der Waals surface area contributed by atoms with Crippen LogP contribution in [0.3, 0.4) is 0 Å². The van der Waals surface area contributed by atoms with Crippen molar-refractivity contribution in [2.24, 2.45) is 45.3 Å². The molecule has 3 saturated carbocycles. The molecule has 4 aliphatic rings.